The first-order valence-corrected chi connectivity index (χ1v) is 8.33. The molecule has 134 valence electrons. The molecule has 0 saturated heterocycles. The molecule has 0 aliphatic rings. The lowest BCUT2D eigenvalue weighted by molar-refractivity contribution is -0.133. The monoisotopic (exact) mass is 345 g/mol. The summed E-state index contributed by atoms with van der Waals surface area (Å²) in [6.45, 7) is 6.80. The fraction of sp³-hybridized carbons (Fsp3) is 0.389. The number of likely N-dealkylation sites (N-methyl/N-ethyl adjacent to an activating group) is 1. The fourth-order valence-electron chi connectivity index (χ4n) is 2.32. The molecule has 2 rings (SSSR count). The van der Waals surface area contributed by atoms with Crippen LogP contribution >= 0.6 is 0 Å². The maximum atomic E-state index is 12.1. The Labute approximate surface area is 147 Å². The van der Waals surface area contributed by atoms with Gasteiger partial charge in [0.25, 0.3) is 5.91 Å². The first-order chi connectivity index (χ1) is 12.1. The number of carbonyl (C=O) groups excluding carboxylic acids is 2. The van der Waals surface area contributed by atoms with Crippen molar-refractivity contribution in [1.82, 2.24) is 14.7 Å². The number of hydrogen-bond acceptors (Lipinski definition) is 5. The number of nitrogens with zero attached hydrogens (tertiary/aromatic N) is 3. The van der Waals surface area contributed by atoms with Crippen molar-refractivity contribution in [3.8, 4) is 11.4 Å². The van der Waals surface area contributed by atoms with Gasteiger partial charge >= 0.3 is 5.97 Å². The van der Waals surface area contributed by atoms with E-state index in [1.807, 2.05) is 44.2 Å². The van der Waals surface area contributed by atoms with Crippen molar-refractivity contribution in [3.05, 3.63) is 42.2 Å². The molecule has 1 heterocycles. The van der Waals surface area contributed by atoms with Crippen LogP contribution in [0.5, 0.6) is 5.75 Å². The predicted molar refractivity (Wildman–Crippen MR) is 92.9 cm³/mol. The van der Waals surface area contributed by atoms with E-state index in [9.17, 15) is 9.59 Å². The maximum absolute atomic E-state index is 12.1. The number of para-hydroxylation sites is 1. The molecule has 0 spiro atoms. The zero-order valence-electron chi connectivity index (χ0n) is 14.8. The minimum atomic E-state index is -0.581. The van der Waals surface area contributed by atoms with Gasteiger partial charge in [0.15, 0.2) is 12.4 Å². The maximum Gasteiger partial charge on any atom is 0.362 e. The molecule has 25 heavy (non-hydrogen) atoms. The van der Waals surface area contributed by atoms with E-state index in [0.29, 0.717) is 13.1 Å². The SMILES string of the molecule is CCOC(=O)c1nn(-c2ccccc2)cc1OCC(=O)N(CC)CC. The Morgan fingerprint density at radius 2 is 1.80 bits per heavy atom. The second-order valence-corrected chi connectivity index (χ2v) is 5.20. The van der Waals surface area contributed by atoms with Crippen LogP contribution in [0.2, 0.25) is 0 Å². The second-order valence-electron chi connectivity index (χ2n) is 5.20. The summed E-state index contributed by atoms with van der Waals surface area (Å²) >= 11 is 0. The van der Waals surface area contributed by atoms with Crippen LogP contribution in [0.3, 0.4) is 0 Å². The Morgan fingerprint density at radius 3 is 2.40 bits per heavy atom. The summed E-state index contributed by atoms with van der Waals surface area (Å²) in [5.41, 5.74) is 0.830. The van der Waals surface area contributed by atoms with E-state index in [2.05, 4.69) is 5.10 Å². The third kappa shape index (κ3) is 4.59. The van der Waals surface area contributed by atoms with E-state index < -0.39 is 5.97 Å². The standard InChI is InChI=1S/C18H23N3O4/c1-4-20(5-2)16(22)13-25-15-12-21(14-10-8-7-9-11-14)19-17(15)18(23)24-6-3/h7-12H,4-6,13H2,1-3H3. The smallest absolute Gasteiger partial charge is 0.362 e. The molecule has 0 bridgehead atoms. The summed E-state index contributed by atoms with van der Waals surface area (Å²) in [6.07, 6.45) is 1.58. The van der Waals surface area contributed by atoms with Gasteiger partial charge in [-0.15, -0.1) is 0 Å². The molecule has 7 heteroatoms. The third-order valence-electron chi connectivity index (χ3n) is 3.64. The van der Waals surface area contributed by atoms with E-state index in [1.54, 1.807) is 18.0 Å². The molecule has 0 radical (unpaired) electrons. The molecular formula is C18H23N3O4. The zero-order valence-corrected chi connectivity index (χ0v) is 14.8. The highest BCUT2D eigenvalue weighted by Crippen LogP contribution is 2.21. The highest BCUT2D eigenvalue weighted by Gasteiger charge is 2.21. The predicted octanol–water partition coefficient (Wildman–Crippen LogP) is 2.30. The van der Waals surface area contributed by atoms with Crippen LogP contribution < -0.4 is 4.74 Å². The molecule has 0 atom stereocenters. The van der Waals surface area contributed by atoms with Gasteiger partial charge in [-0.05, 0) is 32.9 Å². The van der Waals surface area contributed by atoms with Gasteiger partial charge in [-0.1, -0.05) is 18.2 Å². The number of hydrogen-bond donors (Lipinski definition) is 0. The lowest BCUT2D eigenvalue weighted by Crippen LogP contribution is -2.34. The lowest BCUT2D eigenvalue weighted by atomic mass is 10.3. The van der Waals surface area contributed by atoms with Crippen molar-refractivity contribution in [2.45, 2.75) is 20.8 Å². The van der Waals surface area contributed by atoms with Crippen molar-refractivity contribution >= 4 is 11.9 Å². The Morgan fingerprint density at radius 1 is 1.12 bits per heavy atom. The van der Waals surface area contributed by atoms with E-state index in [0.717, 1.165) is 5.69 Å². The first kappa shape index (κ1) is 18.5. The number of carbonyl (C=O) groups is 2. The van der Waals surface area contributed by atoms with Crippen molar-refractivity contribution in [2.24, 2.45) is 0 Å². The van der Waals surface area contributed by atoms with Gasteiger partial charge in [0.1, 0.15) is 0 Å². The van der Waals surface area contributed by atoms with Crippen molar-refractivity contribution < 1.29 is 19.1 Å². The van der Waals surface area contributed by atoms with Crippen LogP contribution in [0.15, 0.2) is 36.5 Å². The minimum absolute atomic E-state index is 0.0537. The number of amides is 1. The molecule has 0 aliphatic carbocycles. The van der Waals surface area contributed by atoms with Gasteiger partial charge in [0.2, 0.25) is 5.69 Å². The Balaban J connectivity index is 2.24. The summed E-state index contributed by atoms with van der Waals surface area (Å²) in [5, 5.41) is 4.25. The normalized spacial score (nSPS) is 10.4. The third-order valence-corrected chi connectivity index (χ3v) is 3.64. The van der Waals surface area contributed by atoms with E-state index in [4.69, 9.17) is 9.47 Å². The molecule has 0 unspecified atom stereocenters. The zero-order chi connectivity index (χ0) is 18.2. The van der Waals surface area contributed by atoms with E-state index in [-0.39, 0.29) is 30.6 Å². The number of rotatable bonds is 8. The molecule has 7 nitrogen and oxygen atoms in total. The van der Waals surface area contributed by atoms with Crippen LogP contribution in [0, 0.1) is 0 Å². The fourth-order valence-corrected chi connectivity index (χ4v) is 2.32. The topological polar surface area (TPSA) is 73.7 Å². The van der Waals surface area contributed by atoms with Crippen molar-refractivity contribution in [1.29, 1.82) is 0 Å². The largest absolute Gasteiger partial charge is 0.480 e. The Kier molecular flexibility index (Phi) is 6.56. The number of esters is 1. The molecule has 0 aliphatic heterocycles. The Hall–Kier alpha value is -2.83. The highest BCUT2D eigenvalue weighted by atomic mass is 16.5. The minimum Gasteiger partial charge on any atom is -0.480 e. The molecule has 0 fully saturated rings. The second kappa shape index (κ2) is 8.86. The van der Waals surface area contributed by atoms with Gasteiger partial charge in [-0.3, -0.25) is 4.79 Å². The summed E-state index contributed by atoms with van der Waals surface area (Å²) in [7, 11) is 0. The number of benzene rings is 1. The molecular weight excluding hydrogens is 322 g/mol. The molecule has 0 N–H and O–H groups in total. The summed E-state index contributed by atoms with van der Waals surface area (Å²) in [6, 6.07) is 9.33. The van der Waals surface area contributed by atoms with E-state index in [1.165, 1.54) is 4.68 Å². The van der Waals surface area contributed by atoms with Gasteiger partial charge in [-0.2, -0.15) is 5.10 Å². The van der Waals surface area contributed by atoms with Gasteiger partial charge in [0, 0.05) is 13.1 Å². The summed E-state index contributed by atoms with van der Waals surface area (Å²) in [5.74, 6) is -0.502. The Bertz CT molecular complexity index is 708. The average molecular weight is 345 g/mol. The van der Waals surface area contributed by atoms with Gasteiger partial charge in [-0.25, -0.2) is 9.48 Å². The average Bonchev–Trinajstić information content (AvgIpc) is 3.06. The van der Waals surface area contributed by atoms with Crippen LogP contribution in [-0.2, 0) is 9.53 Å². The summed E-state index contributed by atoms with van der Waals surface area (Å²) < 4.78 is 12.1. The van der Waals surface area contributed by atoms with Crippen LogP contribution in [-0.4, -0.2) is 52.9 Å². The van der Waals surface area contributed by atoms with Gasteiger partial charge in [0.05, 0.1) is 18.5 Å². The summed E-state index contributed by atoms with van der Waals surface area (Å²) in [4.78, 5) is 25.9. The quantitative estimate of drug-likeness (QED) is 0.686. The van der Waals surface area contributed by atoms with Crippen LogP contribution in [0.25, 0.3) is 5.69 Å². The number of aromatic nitrogens is 2. The van der Waals surface area contributed by atoms with E-state index >= 15 is 0 Å². The molecule has 0 saturated carbocycles. The first-order valence-electron chi connectivity index (χ1n) is 8.33. The van der Waals surface area contributed by atoms with Crippen molar-refractivity contribution in [3.63, 3.8) is 0 Å². The molecule has 1 aromatic heterocycles. The van der Waals surface area contributed by atoms with Gasteiger partial charge < -0.3 is 14.4 Å². The lowest BCUT2D eigenvalue weighted by Gasteiger charge is -2.18. The number of ether oxygens (including phenoxy) is 2. The molecule has 1 aromatic carbocycles. The van der Waals surface area contributed by atoms with Crippen LogP contribution in [0.1, 0.15) is 31.3 Å². The van der Waals surface area contributed by atoms with Crippen molar-refractivity contribution in [2.75, 3.05) is 26.3 Å². The molecule has 1 amide bonds. The highest BCUT2D eigenvalue weighted by molar-refractivity contribution is 5.90. The molecule has 2 aromatic rings. The van der Waals surface area contributed by atoms with Crippen LogP contribution in [0.4, 0.5) is 0 Å².